The fourth-order valence-electron chi connectivity index (χ4n) is 2.62. The van der Waals surface area contributed by atoms with Crippen molar-refractivity contribution in [2.75, 3.05) is 4.72 Å². The fourth-order valence-corrected chi connectivity index (χ4v) is 4.98. The number of hydrogen-bond acceptors (Lipinski definition) is 6. The third-order valence-electron chi connectivity index (χ3n) is 4.08. The van der Waals surface area contributed by atoms with Crippen molar-refractivity contribution in [1.29, 1.82) is 0 Å². The third kappa shape index (κ3) is 4.47. The maximum absolute atomic E-state index is 12.5. The lowest BCUT2D eigenvalue weighted by atomic mass is 10.3. The summed E-state index contributed by atoms with van der Waals surface area (Å²) in [6.07, 6.45) is 5.99. The molecule has 9 heteroatoms. The summed E-state index contributed by atoms with van der Waals surface area (Å²) in [6, 6.07) is 15.6. The van der Waals surface area contributed by atoms with Crippen molar-refractivity contribution in [2.24, 2.45) is 0 Å². The molecule has 4 rings (SSSR count). The topological polar surface area (TPSA) is 86.1 Å². The lowest BCUT2D eigenvalue weighted by molar-refractivity contribution is 0.461. The number of sulfonamides is 1. The van der Waals surface area contributed by atoms with Gasteiger partial charge in [-0.05, 0) is 55.0 Å². The highest BCUT2D eigenvalue weighted by Crippen LogP contribution is 2.26. The smallest absolute Gasteiger partial charge is 0.271 e. The van der Waals surface area contributed by atoms with Gasteiger partial charge in [-0.15, -0.1) is 11.3 Å². The molecule has 148 valence electrons. The molecule has 0 spiro atoms. The van der Waals surface area contributed by atoms with Gasteiger partial charge in [-0.25, -0.2) is 18.4 Å². The van der Waals surface area contributed by atoms with Gasteiger partial charge < -0.3 is 9.30 Å². The van der Waals surface area contributed by atoms with E-state index in [4.69, 9.17) is 4.74 Å². The number of aryl methyl sites for hydroxylation is 1. The highest BCUT2D eigenvalue weighted by atomic mass is 32.2. The number of aromatic nitrogens is 3. The first-order chi connectivity index (χ1) is 14.0. The van der Waals surface area contributed by atoms with Crippen LogP contribution in [0.25, 0.3) is 5.82 Å². The van der Waals surface area contributed by atoms with Crippen LogP contribution in [0.2, 0.25) is 0 Å². The molecule has 29 heavy (non-hydrogen) atoms. The zero-order valence-corrected chi connectivity index (χ0v) is 17.2. The second kappa shape index (κ2) is 8.06. The van der Waals surface area contributed by atoms with Crippen LogP contribution in [0, 0.1) is 0 Å². The normalized spacial score (nSPS) is 11.3. The minimum atomic E-state index is -3.60. The minimum absolute atomic E-state index is 0.299. The average molecular weight is 427 g/mol. The number of nitrogens with zero attached hydrogens (tertiary/aromatic N) is 3. The van der Waals surface area contributed by atoms with Crippen LogP contribution in [0.3, 0.4) is 0 Å². The predicted molar refractivity (Wildman–Crippen MR) is 112 cm³/mol. The number of ether oxygens (including phenoxy) is 1. The lowest BCUT2D eigenvalue weighted by Gasteiger charge is -2.09. The first-order valence-corrected chi connectivity index (χ1v) is 11.2. The quantitative estimate of drug-likeness (QED) is 0.471. The van der Waals surface area contributed by atoms with E-state index < -0.39 is 10.0 Å². The first kappa shape index (κ1) is 19.2. The van der Waals surface area contributed by atoms with Crippen molar-refractivity contribution < 1.29 is 13.2 Å². The maximum atomic E-state index is 12.5. The molecule has 4 aromatic rings. The number of thiophene rings is 1. The molecule has 3 aromatic heterocycles. The van der Waals surface area contributed by atoms with Crippen molar-refractivity contribution in [2.45, 2.75) is 17.6 Å². The number of benzene rings is 1. The molecule has 1 N–H and O–H groups in total. The van der Waals surface area contributed by atoms with E-state index in [1.54, 1.807) is 36.4 Å². The van der Waals surface area contributed by atoms with Crippen molar-refractivity contribution in [3.8, 4) is 17.4 Å². The van der Waals surface area contributed by atoms with Crippen molar-refractivity contribution >= 4 is 27.0 Å². The van der Waals surface area contributed by atoms with Crippen LogP contribution < -0.4 is 9.46 Å². The molecule has 0 fully saturated rings. The van der Waals surface area contributed by atoms with E-state index in [0.29, 0.717) is 27.3 Å². The SMILES string of the molecule is CCc1ccc(S(=O)(=O)Nc2ccc(Oc3cc(-n4cccc4)ncn3)cc2)s1. The number of anilines is 1. The Morgan fingerprint density at radius 1 is 1.07 bits per heavy atom. The van der Waals surface area contributed by atoms with Gasteiger partial charge >= 0.3 is 0 Å². The van der Waals surface area contributed by atoms with Gasteiger partial charge in [-0.1, -0.05) is 6.92 Å². The largest absolute Gasteiger partial charge is 0.439 e. The zero-order chi connectivity index (χ0) is 20.3. The zero-order valence-electron chi connectivity index (χ0n) is 15.5. The van der Waals surface area contributed by atoms with Gasteiger partial charge in [0.25, 0.3) is 10.0 Å². The summed E-state index contributed by atoms with van der Waals surface area (Å²) >= 11 is 1.27. The van der Waals surface area contributed by atoms with Gasteiger partial charge in [-0.2, -0.15) is 0 Å². The van der Waals surface area contributed by atoms with E-state index >= 15 is 0 Å². The molecule has 0 bridgehead atoms. The first-order valence-electron chi connectivity index (χ1n) is 8.88. The summed E-state index contributed by atoms with van der Waals surface area (Å²) in [5.41, 5.74) is 0.458. The van der Waals surface area contributed by atoms with Crippen LogP contribution >= 0.6 is 11.3 Å². The minimum Gasteiger partial charge on any atom is -0.439 e. The van der Waals surface area contributed by atoms with Gasteiger partial charge in [0, 0.05) is 29.0 Å². The van der Waals surface area contributed by atoms with E-state index in [1.807, 2.05) is 42.1 Å². The maximum Gasteiger partial charge on any atom is 0.271 e. The molecule has 0 unspecified atom stereocenters. The van der Waals surface area contributed by atoms with E-state index in [1.165, 1.54) is 17.7 Å². The molecule has 0 saturated carbocycles. The van der Waals surface area contributed by atoms with Gasteiger partial charge in [-0.3, -0.25) is 4.72 Å². The second-order valence-corrected chi connectivity index (χ2v) is 9.19. The summed E-state index contributed by atoms with van der Waals surface area (Å²) in [4.78, 5) is 9.36. The summed E-state index contributed by atoms with van der Waals surface area (Å²) in [7, 11) is -3.60. The predicted octanol–water partition coefficient (Wildman–Crippen LogP) is 4.48. The molecule has 0 aliphatic heterocycles. The Labute approximate surface area is 172 Å². The molecule has 3 heterocycles. The highest BCUT2D eigenvalue weighted by Gasteiger charge is 2.16. The Bertz CT molecular complexity index is 1200. The Morgan fingerprint density at radius 3 is 2.52 bits per heavy atom. The van der Waals surface area contributed by atoms with E-state index in [-0.39, 0.29) is 0 Å². The Morgan fingerprint density at radius 2 is 1.83 bits per heavy atom. The van der Waals surface area contributed by atoms with E-state index in [9.17, 15) is 8.42 Å². The fraction of sp³-hybridized carbons (Fsp3) is 0.100. The molecular formula is C20H18N4O3S2. The summed E-state index contributed by atoms with van der Waals surface area (Å²) < 4.78 is 35.5. The molecule has 7 nitrogen and oxygen atoms in total. The molecule has 0 atom stereocenters. The number of rotatable bonds is 7. The average Bonchev–Trinajstić information content (AvgIpc) is 3.42. The van der Waals surface area contributed by atoms with Crippen LogP contribution in [-0.4, -0.2) is 23.0 Å². The summed E-state index contributed by atoms with van der Waals surface area (Å²) in [5.74, 6) is 1.61. The van der Waals surface area contributed by atoms with Crippen LogP contribution in [-0.2, 0) is 16.4 Å². The summed E-state index contributed by atoms with van der Waals surface area (Å²) in [6.45, 7) is 1.99. The lowest BCUT2D eigenvalue weighted by Crippen LogP contribution is -2.11. The van der Waals surface area contributed by atoms with Crippen LogP contribution in [0.5, 0.6) is 11.6 Å². The number of nitrogens with one attached hydrogen (secondary N) is 1. The molecule has 0 aliphatic carbocycles. The van der Waals surface area contributed by atoms with Gasteiger partial charge in [0.05, 0.1) is 0 Å². The van der Waals surface area contributed by atoms with Gasteiger partial charge in [0.2, 0.25) is 5.88 Å². The molecule has 0 saturated heterocycles. The van der Waals surface area contributed by atoms with Gasteiger partial charge in [0.1, 0.15) is 22.1 Å². The van der Waals surface area contributed by atoms with Crippen molar-refractivity contribution in [3.05, 3.63) is 78.2 Å². The molecular weight excluding hydrogens is 408 g/mol. The van der Waals surface area contributed by atoms with Gasteiger partial charge in [0.15, 0.2) is 0 Å². The van der Waals surface area contributed by atoms with E-state index in [2.05, 4.69) is 14.7 Å². The summed E-state index contributed by atoms with van der Waals surface area (Å²) in [5, 5.41) is 0. The standard InChI is InChI=1S/C20H18N4O3S2/c1-2-17-9-10-20(28-17)29(25,26)23-15-5-7-16(8-6-15)27-19-13-18(21-14-22-19)24-11-3-4-12-24/h3-14,23H,2H2,1H3. The van der Waals surface area contributed by atoms with Crippen LogP contribution in [0.15, 0.2) is 77.5 Å². The molecule has 0 amide bonds. The number of hydrogen-bond donors (Lipinski definition) is 1. The molecule has 0 aliphatic rings. The van der Waals surface area contributed by atoms with Crippen LogP contribution in [0.1, 0.15) is 11.8 Å². The van der Waals surface area contributed by atoms with E-state index in [0.717, 1.165) is 11.3 Å². The monoisotopic (exact) mass is 426 g/mol. The highest BCUT2D eigenvalue weighted by molar-refractivity contribution is 7.94. The third-order valence-corrected chi connectivity index (χ3v) is 7.18. The van der Waals surface area contributed by atoms with Crippen molar-refractivity contribution in [1.82, 2.24) is 14.5 Å². The molecule has 1 aromatic carbocycles. The van der Waals surface area contributed by atoms with Crippen molar-refractivity contribution in [3.63, 3.8) is 0 Å². The Kier molecular flexibility index (Phi) is 5.32. The van der Waals surface area contributed by atoms with Crippen LogP contribution in [0.4, 0.5) is 5.69 Å². The Balaban J connectivity index is 1.46. The molecule has 0 radical (unpaired) electrons. The second-order valence-electron chi connectivity index (χ2n) is 6.11. The Hall–Kier alpha value is -3.17.